The van der Waals surface area contributed by atoms with Crippen molar-refractivity contribution in [2.45, 2.75) is 349 Å². The van der Waals surface area contributed by atoms with Gasteiger partial charge in [-0.15, -0.1) is 22.7 Å². The fourth-order valence-corrected chi connectivity index (χ4v) is 16.6. The molecule has 2 atom stereocenters. The lowest BCUT2D eigenvalue weighted by Crippen LogP contribution is -2.44. The Morgan fingerprint density at radius 2 is 0.554 bits per heavy atom. The predicted molar refractivity (Wildman–Crippen MR) is 391 cm³/mol. The van der Waals surface area contributed by atoms with Crippen LogP contribution in [0.1, 0.15) is 400 Å². The number of nitriles is 2. The zero-order valence-corrected chi connectivity index (χ0v) is 60.3. The standard InChI is InChI=1S/C82H124N4O4S2/c1-5-9-13-17-21-25-27-31-35-43-51-65(49-41-33-29-23-19-15-11-7-3)53-45-37-39-47-59-85-79(87)71-61-70(74-58-56-68(64-84)92-74)78-76-72(62-69(77(75(71)76)81(85)89)73-57-55-67(63-83)91-73)80(88)86(82(78)90)60-48-40-38-46-54-66(50-42-34-30-24-20-16-12-8-4)52-44-36-32-28-26-22-18-14-10-6-2/h55-58,61-62,65-66H,5-54,59-60H2,1-4H3. The second-order valence-electron chi connectivity index (χ2n) is 28.1. The van der Waals surface area contributed by atoms with Crippen LogP contribution in [0.3, 0.4) is 0 Å². The number of carbonyl (C=O) groups is 4. The SMILES string of the molecule is CCCCCCCCCCCCC(CCCCCCCCCC)CCCCCCN1C(=O)c2cc(-c3ccc(C#N)s3)c3c4c(cc(-c5ccc(C#N)s5)c(c24)C1=O)C(=O)N(CCCCCCC(CCCCCCCCCC)CCCCCCCCCCCC)C3=O. The maximum absolute atomic E-state index is 15.2. The van der Waals surface area contributed by atoms with E-state index in [1.165, 1.54) is 302 Å². The molecule has 2 aliphatic rings. The Labute approximate surface area is 568 Å². The summed E-state index contributed by atoms with van der Waals surface area (Å²) in [7, 11) is 0. The largest absolute Gasteiger partial charge is 0.274 e. The number of hydrogen-bond donors (Lipinski definition) is 0. The molecule has 92 heavy (non-hydrogen) atoms. The van der Waals surface area contributed by atoms with Crippen molar-refractivity contribution in [2.24, 2.45) is 11.8 Å². The molecule has 0 radical (unpaired) electrons. The van der Waals surface area contributed by atoms with Gasteiger partial charge in [0.1, 0.15) is 21.9 Å². The van der Waals surface area contributed by atoms with E-state index in [9.17, 15) is 10.5 Å². The maximum atomic E-state index is 15.2. The van der Waals surface area contributed by atoms with Gasteiger partial charge in [-0.05, 0) is 61.1 Å². The van der Waals surface area contributed by atoms with Crippen LogP contribution in [-0.2, 0) is 0 Å². The van der Waals surface area contributed by atoms with Crippen LogP contribution < -0.4 is 0 Å². The lowest BCUT2D eigenvalue weighted by molar-refractivity contribution is 0.0587. The Hall–Kier alpha value is -4.64. The van der Waals surface area contributed by atoms with Gasteiger partial charge in [-0.1, -0.05) is 336 Å². The van der Waals surface area contributed by atoms with Gasteiger partial charge in [-0.2, -0.15) is 10.5 Å². The van der Waals surface area contributed by atoms with E-state index in [1.807, 2.05) is 12.1 Å². The fraction of sp³-hybridized carbons (Fsp3) is 0.707. The number of carbonyl (C=O) groups excluding carboxylic acids is 4. The average molecular weight is 1290 g/mol. The molecule has 8 nitrogen and oxygen atoms in total. The lowest BCUT2D eigenvalue weighted by Gasteiger charge is -2.34. The summed E-state index contributed by atoms with van der Waals surface area (Å²) in [6, 6.07) is 15.2. The molecule has 0 saturated carbocycles. The van der Waals surface area contributed by atoms with Gasteiger partial charge < -0.3 is 0 Å². The zero-order valence-electron chi connectivity index (χ0n) is 58.6. The van der Waals surface area contributed by atoms with Crippen molar-refractivity contribution in [1.29, 1.82) is 10.5 Å². The lowest BCUT2D eigenvalue weighted by atomic mass is 9.80. The number of unbranched alkanes of at least 4 members (excludes halogenated alkanes) is 38. The highest BCUT2D eigenvalue weighted by Gasteiger charge is 2.43. The molecule has 2 unspecified atom stereocenters. The van der Waals surface area contributed by atoms with E-state index in [0.717, 1.165) is 50.4 Å². The summed E-state index contributed by atoms with van der Waals surface area (Å²) >= 11 is 2.53. The first kappa shape index (κ1) is 76.4. The Morgan fingerprint density at radius 1 is 0.315 bits per heavy atom. The smallest absolute Gasteiger partial charge is 0.262 e. The minimum absolute atomic E-state index is 0.257. The maximum Gasteiger partial charge on any atom is 0.262 e. The average Bonchev–Trinajstić information content (AvgIpc) is 0.833. The van der Waals surface area contributed by atoms with E-state index < -0.39 is 23.6 Å². The zero-order chi connectivity index (χ0) is 65.4. The van der Waals surface area contributed by atoms with Crippen LogP contribution in [-0.4, -0.2) is 46.5 Å². The number of thiophene rings is 2. The van der Waals surface area contributed by atoms with Crippen molar-refractivity contribution in [3.8, 4) is 33.0 Å². The third-order valence-electron chi connectivity index (χ3n) is 20.6. The number of nitrogens with zero attached hydrogens (tertiary/aromatic N) is 4. The molecule has 0 saturated heterocycles. The van der Waals surface area contributed by atoms with Crippen LogP contribution in [0.4, 0.5) is 0 Å². The monoisotopic (exact) mass is 1290 g/mol. The Bertz CT molecular complexity index is 2680. The van der Waals surface area contributed by atoms with E-state index in [4.69, 9.17) is 0 Å². The van der Waals surface area contributed by atoms with Gasteiger partial charge in [0.15, 0.2) is 0 Å². The number of amides is 4. The molecule has 2 aliphatic heterocycles. The summed E-state index contributed by atoms with van der Waals surface area (Å²) in [6.45, 7) is 9.66. The molecule has 2 aromatic heterocycles. The van der Waals surface area contributed by atoms with Gasteiger partial charge in [-0.25, -0.2) is 0 Å². The molecule has 508 valence electrons. The Kier molecular flexibility index (Phi) is 37.9. The van der Waals surface area contributed by atoms with Crippen LogP contribution >= 0.6 is 22.7 Å². The van der Waals surface area contributed by atoms with Crippen molar-refractivity contribution in [2.75, 3.05) is 13.1 Å². The fourth-order valence-electron chi connectivity index (χ4n) is 15.0. The third kappa shape index (κ3) is 25.2. The van der Waals surface area contributed by atoms with Crippen molar-refractivity contribution >= 4 is 57.1 Å². The highest BCUT2D eigenvalue weighted by Crippen LogP contribution is 2.48. The van der Waals surface area contributed by atoms with Crippen LogP contribution in [0.5, 0.6) is 0 Å². The summed E-state index contributed by atoms with van der Waals surface area (Å²) in [6.07, 6.45) is 64.0. The van der Waals surface area contributed by atoms with E-state index in [2.05, 4.69) is 39.8 Å². The molecule has 10 heteroatoms. The number of rotatable bonds is 56. The van der Waals surface area contributed by atoms with Gasteiger partial charge in [0.2, 0.25) is 0 Å². The topological polar surface area (TPSA) is 122 Å². The minimum atomic E-state index is -0.426. The first-order chi connectivity index (χ1) is 45.2. The molecule has 0 aliphatic carbocycles. The summed E-state index contributed by atoms with van der Waals surface area (Å²) in [5, 5.41) is 20.7. The summed E-state index contributed by atoms with van der Waals surface area (Å²) in [4.78, 5) is 65.8. The van der Waals surface area contributed by atoms with Gasteiger partial charge >= 0.3 is 0 Å². The van der Waals surface area contributed by atoms with E-state index in [0.29, 0.717) is 76.5 Å². The van der Waals surface area contributed by atoms with Crippen LogP contribution in [0.25, 0.3) is 31.7 Å². The molecule has 0 fully saturated rings. The van der Waals surface area contributed by atoms with Gasteiger partial charge in [0, 0.05) is 55.9 Å². The van der Waals surface area contributed by atoms with Crippen molar-refractivity contribution in [1.82, 2.24) is 9.80 Å². The molecule has 0 spiro atoms. The summed E-state index contributed by atoms with van der Waals surface area (Å²) in [5.74, 6) is -0.192. The van der Waals surface area contributed by atoms with Crippen LogP contribution in [0, 0.1) is 34.5 Å². The summed E-state index contributed by atoms with van der Waals surface area (Å²) < 4.78 is 0. The predicted octanol–water partition coefficient (Wildman–Crippen LogP) is 26.0. The Balaban J connectivity index is 1.12. The van der Waals surface area contributed by atoms with Gasteiger partial charge in [0.05, 0.1) is 11.1 Å². The van der Waals surface area contributed by atoms with E-state index >= 15 is 19.2 Å². The minimum Gasteiger partial charge on any atom is -0.274 e. The molecule has 0 N–H and O–H groups in total. The molecule has 2 aromatic carbocycles. The molecule has 0 bridgehead atoms. The number of benzene rings is 2. The van der Waals surface area contributed by atoms with Crippen LogP contribution in [0.2, 0.25) is 0 Å². The first-order valence-electron chi connectivity index (χ1n) is 38.6. The quantitative estimate of drug-likeness (QED) is 0.0320. The van der Waals surface area contributed by atoms with E-state index in [-0.39, 0.29) is 13.1 Å². The molecular formula is C82H124N4O4S2. The second kappa shape index (κ2) is 45.7. The molecule has 4 heterocycles. The van der Waals surface area contributed by atoms with E-state index in [1.54, 1.807) is 24.3 Å². The number of imide groups is 2. The highest BCUT2D eigenvalue weighted by molar-refractivity contribution is 7.16. The normalized spacial score (nSPS) is 13.7. The molecule has 4 amide bonds. The molecule has 4 aromatic rings. The van der Waals surface area contributed by atoms with Gasteiger partial charge in [0.25, 0.3) is 23.6 Å². The first-order valence-corrected chi connectivity index (χ1v) is 40.2. The molecular weight excluding hydrogens is 1170 g/mol. The van der Waals surface area contributed by atoms with Crippen molar-refractivity contribution in [3.05, 3.63) is 68.4 Å². The Morgan fingerprint density at radius 3 is 0.793 bits per heavy atom. The van der Waals surface area contributed by atoms with Crippen molar-refractivity contribution in [3.63, 3.8) is 0 Å². The number of hydrogen-bond acceptors (Lipinski definition) is 8. The molecule has 6 rings (SSSR count). The highest BCUT2D eigenvalue weighted by atomic mass is 32.1. The van der Waals surface area contributed by atoms with Gasteiger partial charge in [-0.3, -0.25) is 29.0 Å². The van der Waals surface area contributed by atoms with Crippen molar-refractivity contribution < 1.29 is 19.2 Å². The third-order valence-corrected chi connectivity index (χ3v) is 22.6. The summed E-state index contributed by atoms with van der Waals surface area (Å²) in [5.41, 5.74) is 2.21. The second-order valence-corrected chi connectivity index (χ2v) is 30.3. The van der Waals surface area contributed by atoms with Crippen LogP contribution in [0.15, 0.2) is 36.4 Å².